The molecule has 4 rings (SSSR count). The van der Waals surface area contributed by atoms with Crippen molar-refractivity contribution in [2.75, 3.05) is 4.90 Å². The van der Waals surface area contributed by atoms with Gasteiger partial charge in [0.2, 0.25) is 5.91 Å². The number of thioether (sulfide) groups is 1. The zero-order valence-corrected chi connectivity index (χ0v) is 18.4. The molecule has 30 heavy (non-hydrogen) atoms. The number of anilines is 1. The summed E-state index contributed by atoms with van der Waals surface area (Å²) in [6.45, 7) is 8.15. The van der Waals surface area contributed by atoms with Crippen molar-refractivity contribution >= 4 is 23.4 Å². The molecule has 1 aromatic heterocycles. The molecule has 2 atom stereocenters. The fraction of sp³-hybridized carbons (Fsp3) is 0.348. The molecule has 0 radical (unpaired) electrons. The van der Waals surface area contributed by atoms with E-state index in [1.165, 1.54) is 17.3 Å². The first-order valence-electron chi connectivity index (χ1n) is 10.0. The highest BCUT2D eigenvalue weighted by Gasteiger charge is 2.34. The predicted octanol–water partition coefficient (Wildman–Crippen LogP) is 4.72. The van der Waals surface area contributed by atoms with Crippen LogP contribution in [0.25, 0.3) is 0 Å². The Bertz CT molecular complexity index is 1070. The van der Waals surface area contributed by atoms with E-state index in [0.29, 0.717) is 11.1 Å². The molecule has 2 heterocycles. The van der Waals surface area contributed by atoms with E-state index in [9.17, 15) is 4.79 Å². The molecule has 7 heteroatoms. The lowest BCUT2D eigenvalue weighted by molar-refractivity contribution is -0.118. The summed E-state index contributed by atoms with van der Waals surface area (Å²) in [4.78, 5) is 15.0. The number of benzene rings is 2. The molecule has 6 nitrogen and oxygen atoms in total. The van der Waals surface area contributed by atoms with Crippen molar-refractivity contribution in [1.82, 2.24) is 10.2 Å². The molecule has 0 saturated heterocycles. The van der Waals surface area contributed by atoms with E-state index in [2.05, 4.69) is 23.2 Å². The normalized spacial score (nSPS) is 16.4. The van der Waals surface area contributed by atoms with Gasteiger partial charge in [-0.25, -0.2) is 0 Å². The second-order valence-corrected chi connectivity index (χ2v) is 8.96. The van der Waals surface area contributed by atoms with E-state index in [4.69, 9.17) is 9.15 Å². The van der Waals surface area contributed by atoms with Crippen LogP contribution in [-0.2, 0) is 17.8 Å². The standard InChI is InChI=1S/C23H25N3O3S/c1-14-9-10-15(2)20(11-14)28-13-21-24-25-23(29-21)30-17(4)22(27)26-16(3)12-18-7-5-6-8-19(18)26/h5-11,16-17H,12-13H2,1-4H3. The first-order chi connectivity index (χ1) is 14.4. The maximum absolute atomic E-state index is 13.1. The number of ether oxygens (including phenoxy) is 1. The van der Waals surface area contributed by atoms with E-state index in [1.807, 2.05) is 62.1 Å². The molecule has 0 bridgehead atoms. The van der Waals surface area contributed by atoms with E-state index in [-0.39, 0.29) is 23.8 Å². The largest absolute Gasteiger partial charge is 0.484 e. The molecule has 0 fully saturated rings. The number of hydrogen-bond donors (Lipinski definition) is 0. The van der Waals surface area contributed by atoms with Crippen LogP contribution in [0.3, 0.4) is 0 Å². The number of amides is 1. The van der Waals surface area contributed by atoms with Gasteiger partial charge in [-0.3, -0.25) is 4.79 Å². The minimum Gasteiger partial charge on any atom is -0.484 e. The number of nitrogens with zero attached hydrogens (tertiary/aromatic N) is 3. The zero-order valence-electron chi connectivity index (χ0n) is 17.6. The van der Waals surface area contributed by atoms with Gasteiger partial charge in [0, 0.05) is 11.7 Å². The molecule has 1 amide bonds. The SMILES string of the molecule is Cc1ccc(C)c(OCc2nnc(SC(C)C(=O)N3c4ccccc4CC3C)o2)c1. The van der Waals surface area contributed by atoms with Crippen molar-refractivity contribution in [2.45, 2.75) is 57.2 Å². The fourth-order valence-corrected chi connectivity index (χ4v) is 4.39. The van der Waals surface area contributed by atoms with Crippen molar-refractivity contribution in [2.24, 2.45) is 0 Å². The highest BCUT2D eigenvalue weighted by Crippen LogP contribution is 2.34. The topological polar surface area (TPSA) is 68.5 Å². The predicted molar refractivity (Wildman–Crippen MR) is 117 cm³/mol. The van der Waals surface area contributed by atoms with Gasteiger partial charge >= 0.3 is 0 Å². The highest BCUT2D eigenvalue weighted by molar-refractivity contribution is 8.00. The molecule has 0 saturated carbocycles. The number of aryl methyl sites for hydroxylation is 2. The summed E-state index contributed by atoms with van der Waals surface area (Å²) in [5, 5.41) is 8.16. The Labute approximate surface area is 180 Å². The molecule has 2 unspecified atom stereocenters. The second-order valence-electron chi connectivity index (χ2n) is 7.67. The van der Waals surface area contributed by atoms with Crippen LogP contribution in [0.15, 0.2) is 52.1 Å². The monoisotopic (exact) mass is 423 g/mol. The van der Waals surface area contributed by atoms with Crippen LogP contribution in [0.1, 0.15) is 36.4 Å². The minimum absolute atomic E-state index is 0.0452. The lowest BCUT2D eigenvalue weighted by atomic mass is 10.1. The average molecular weight is 424 g/mol. The number of rotatable bonds is 6. The van der Waals surface area contributed by atoms with Crippen molar-refractivity contribution in [3.8, 4) is 5.75 Å². The third-order valence-electron chi connectivity index (χ3n) is 5.21. The van der Waals surface area contributed by atoms with Crippen LogP contribution in [-0.4, -0.2) is 27.4 Å². The summed E-state index contributed by atoms with van der Waals surface area (Å²) in [5.41, 5.74) is 4.38. The number of carbonyl (C=O) groups is 1. The first-order valence-corrected chi connectivity index (χ1v) is 10.9. The molecular formula is C23H25N3O3S. The third kappa shape index (κ3) is 4.21. The molecule has 156 valence electrons. The molecule has 1 aliphatic heterocycles. The molecule has 3 aromatic rings. The Morgan fingerprint density at radius 3 is 2.90 bits per heavy atom. The smallest absolute Gasteiger partial charge is 0.277 e. The first kappa shape index (κ1) is 20.5. The summed E-state index contributed by atoms with van der Waals surface area (Å²) in [6, 6.07) is 14.2. The van der Waals surface area contributed by atoms with Gasteiger partial charge in [0.15, 0.2) is 6.61 Å². The van der Waals surface area contributed by atoms with Gasteiger partial charge < -0.3 is 14.1 Å². The summed E-state index contributed by atoms with van der Waals surface area (Å²) in [6.07, 6.45) is 0.875. The number of carbonyl (C=O) groups excluding carboxylic acids is 1. The van der Waals surface area contributed by atoms with E-state index in [1.54, 1.807) is 0 Å². The van der Waals surface area contributed by atoms with E-state index in [0.717, 1.165) is 29.0 Å². The second kappa shape index (κ2) is 8.52. The van der Waals surface area contributed by atoms with Gasteiger partial charge in [-0.15, -0.1) is 10.2 Å². The summed E-state index contributed by atoms with van der Waals surface area (Å²) in [7, 11) is 0. The maximum Gasteiger partial charge on any atom is 0.277 e. The Balaban J connectivity index is 1.39. The molecule has 2 aromatic carbocycles. The summed E-state index contributed by atoms with van der Waals surface area (Å²) >= 11 is 1.28. The Hall–Kier alpha value is -2.80. The van der Waals surface area contributed by atoms with Crippen LogP contribution in [0.4, 0.5) is 5.69 Å². The maximum atomic E-state index is 13.1. The zero-order chi connectivity index (χ0) is 21.3. The van der Waals surface area contributed by atoms with Gasteiger partial charge in [-0.05, 0) is 62.9 Å². The van der Waals surface area contributed by atoms with Crippen LogP contribution < -0.4 is 9.64 Å². The van der Waals surface area contributed by atoms with Gasteiger partial charge in [0.05, 0.1) is 5.25 Å². The van der Waals surface area contributed by atoms with Crippen LogP contribution >= 0.6 is 11.8 Å². The minimum atomic E-state index is -0.341. The number of aromatic nitrogens is 2. The Morgan fingerprint density at radius 2 is 2.07 bits per heavy atom. The molecule has 0 aliphatic carbocycles. The Morgan fingerprint density at radius 1 is 1.27 bits per heavy atom. The van der Waals surface area contributed by atoms with Crippen LogP contribution in [0.2, 0.25) is 0 Å². The van der Waals surface area contributed by atoms with Crippen molar-refractivity contribution in [1.29, 1.82) is 0 Å². The lowest BCUT2D eigenvalue weighted by Crippen LogP contribution is -2.40. The van der Waals surface area contributed by atoms with Gasteiger partial charge in [-0.1, -0.05) is 42.1 Å². The fourth-order valence-electron chi connectivity index (χ4n) is 3.65. The highest BCUT2D eigenvalue weighted by atomic mass is 32.2. The quantitative estimate of drug-likeness (QED) is 0.534. The summed E-state index contributed by atoms with van der Waals surface area (Å²) < 4.78 is 11.5. The molecular weight excluding hydrogens is 398 g/mol. The number of fused-ring (bicyclic) bond motifs is 1. The van der Waals surface area contributed by atoms with Gasteiger partial charge in [0.25, 0.3) is 11.1 Å². The van der Waals surface area contributed by atoms with Gasteiger partial charge in [0.1, 0.15) is 5.75 Å². The van der Waals surface area contributed by atoms with Crippen molar-refractivity contribution in [3.63, 3.8) is 0 Å². The molecule has 1 aliphatic rings. The molecule has 0 N–H and O–H groups in total. The van der Waals surface area contributed by atoms with Crippen LogP contribution in [0.5, 0.6) is 5.75 Å². The number of para-hydroxylation sites is 1. The Kier molecular flexibility index (Phi) is 5.81. The lowest BCUT2D eigenvalue weighted by Gasteiger charge is -2.25. The van der Waals surface area contributed by atoms with E-state index < -0.39 is 0 Å². The van der Waals surface area contributed by atoms with Crippen molar-refractivity contribution < 1.29 is 13.9 Å². The summed E-state index contributed by atoms with van der Waals surface area (Å²) in [5.74, 6) is 1.23. The number of hydrogen-bond acceptors (Lipinski definition) is 6. The van der Waals surface area contributed by atoms with Crippen molar-refractivity contribution in [3.05, 3.63) is 65.0 Å². The molecule has 0 spiro atoms. The van der Waals surface area contributed by atoms with Crippen LogP contribution in [0, 0.1) is 13.8 Å². The third-order valence-corrected chi connectivity index (χ3v) is 6.13. The average Bonchev–Trinajstić information content (AvgIpc) is 3.31. The van der Waals surface area contributed by atoms with E-state index >= 15 is 0 Å². The van der Waals surface area contributed by atoms with Gasteiger partial charge in [-0.2, -0.15) is 0 Å².